The Morgan fingerprint density at radius 2 is 1.94 bits per heavy atom. The van der Waals surface area contributed by atoms with Gasteiger partial charge in [0.15, 0.2) is 0 Å². The summed E-state index contributed by atoms with van der Waals surface area (Å²) in [6.07, 6.45) is 2.43. The monoisotopic (exact) mass is 247 g/mol. The van der Waals surface area contributed by atoms with Crippen LogP contribution in [0.1, 0.15) is 24.3 Å². The van der Waals surface area contributed by atoms with E-state index in [-0.39, 0.29) is 0 Å². The van der Waals surface area contributed by atoms with Crippen molar-refractivity contribution in [2.24, 2.45) is 5.92 Å². The van der Waals surface area contributed by atoms with E-state index in [1.165, 1.54) is 18.4 Å². The van der Waals surface area contributed by atoms with Gasteiger partial charge in [-0.3, -0.25) is 0 Å². The quantitative estimate of drug-likeness (QED) is 0.884. The van der Waals surface area contributed by atoms with E-state index in [0.29, 0.717) is 11.8 Å². The lowest BCUT2D eigenvalue weighted by atomic mass is 9.89. The summed E-state index contributed by atoms with van der Waals surface area (Å²) in [6.45, 7) is 4.75. The van der Waals surface area contributed by atoms with Gasteiger partial charge in [-0.2, -0.15) is 0 Å². The Kier molecular flexibility index (Phi) is 3.81. The maximum Gasteiger partial charge on any atom is 0.122 e. The number of nitrogens with one attached hydrogen (secondary N) is 1. The van der Waals surface area contributed by atoms with Crippen LogP contribution in [-0.4, -0.2) is 32.9 Å². The van der Waals surface area contributed by atoms with Gasteiger partial charge < -0.3 is 14.8 Å². The Balaban J connectivity index is 1.67. The van der Waals surface area contributed by atoms with Gasteiger partial charge in [-0.15, -0.1) is 0 Å². The molecule has 0 unspecified atom stereocenters. The molecule has 0 amide bonds. The Hall–Kier alpha value is -1.06. The molecule has 2 heterocycles. The van der Waals surface area contributed by atoms with E-state index in [2.05, 4.69) is 29.6 Å². The second kappa shape index (κ2) is 5.72. The second-order valence-corrected chi connectivity index (χ2v) is 5.28. The third kappa shape index (κ3) is 2.68. The Morgan fingerprint density at radius 1 is 1.17 bits per heavy atom. The Labute approximate surface area is 108 Å². The average molecular weight is 247 g/mol. The average Bonchev–Trinajstić information content (AvgIpc) is 2.39. The van der Waals surface area contributed by atoms with Gasteiger partial charge in [0, 0.05) is 5.92 Å². The standard InChI is InChI=1S/C15H21NO2/c1-2-4-15(18-11-12-9-17-10-12)14(3-1)13-5-7-16-8-6-13/h1-4,12-13,16H,5-11H2. The molecule has 1 aromatic rings. The lowest BCUT2D eigenvalue weighted by Crippen LogP contribution is -2.33. The number of benzene rings is 1. The molecule has 0 aliphatic carbocycles. The molecule has 1 aromatic carbocycles. The van der Waals surface area contributed by atoms with Gasteiger partial charge in [-0.1, -0.05) is 18.2 Å². The van der Waals surface area contributed by atoms with Crippen molar-refractivity contribution >= 4 is 0 Å². The van der Waals surface area contributed by atoms with Gasteiger partial charge in [-0.05, 0) is 43.5 Å². The molecule has 0 bridgehead atoms. The third-order valence-corrected chi connectivity index (χ3v) is 3.88. The van der Waals surface area contributed by atoms with Crippen LogP contribution in [0.4, 0.5) is 0 Å². The van der Waals surface area contributed by atoms with Crippen LogP contribution in [0.3, 0.4) is 0 Å². The summed E-state index contributed by atoms with van der Waals surface area (Å²) in [7, 11) is 0. The van der Waals surface area contributed by atoms with Crippen molar-refractivity contribution in [2.45, 2.75) is 18.8 Å². The number of hydrogen-bond donors (Lipinski definition) is 1. The van der Waals surface area contributed by atoms with Crippen molar-refractivity contribution in [2.75, 3.05) is 32.9 Å². The summed E-state index contributed by atoms with van der Waals surface area (Å²) in [5.41, 5.74) is 1.39. The molecule has 0 spiro atoms. The molecular weight excluding hydrogens is 226 g/mol. The number of ether oxygens (including phenoxy) is 2. The maximum absolute atomic E-state index is 5.99. The first kappa shape index (κ1) is 12.0. The fourth-order valence-corrected chi connectivity index (χ4v) is 2.67. The molecule has 2 fully saturated rings. The SMILES string of the molecule is c1ccc(C2CCNCC2)c(OCC2COC2)c1. The van der Waals surface area contributed by atoms with E-state index >= 15 is 0 Å². The maximum atomic E-state index is 5.99. The van der Waals surface area contributed by atoms with Crippen LogP contribution < -0.4 is 10.1 Å². The lowest BCUT2D eigenvalue weighted by Gasteiger charge is -2.28. The largest absolute Gasteiger partial charge is 0.493 e. The van der Waals surface area contributed by atoms with Crippen molar-refractivity contribution in [1.29, 1.82) is 0 Å². The summed E-state index contributed by atoms with van der Waals surface area (Å²) in [5.74, 6) is 2.32. The molecule has 0 saturated carbocycles. The van der Waals surface area contributed by atoms with Gasteiger partial charge in [0.2, 0.25) is 0 Å². The summed E-state index contributed by atoms with van der Waals surface area (Å²) >= 11 is 0. The molecule has 0 aromatic heterocycles. The smallest absolute Gasteiger partial charge is 0.122 e. The minimum Gasteiger partial charge on any atom is -0.493 e. The molecule has 0 radical (unpaired) electrons. The summed E-state index contributed by atoms with van der Waals surface area (Å²) in [6, 6.07) is 8.52. The molecule has 98 valence electrons. The second-order valence-electron chi connectivity index (χ2n) is 5.28. The highest BCUT2D eigenvalue weighted by Gasteiger charge is 2.22. The first-order valence-corrected chi connectivity index (χ1v) is 6.93. The predicted octanol–water partition coefficient (Wildman–Crippen LogP) is 2.18. The predicted molar refractivity (Wildman–Crippen MR) is 71.1 cm³/mol. The van der Waals surface area contributed by atoms with Crippen molar-refractivity contribution in [3.63, 3.8) is 0 Å². The van der Waals surface area contributed by atoms with E-state index in [1.807, 2.05) is 0 Å². The van der Waals surface area contributed by atoms with Gasteiger partial charge in [0.05, 0.1) is 19.8 Å². The molecule has 2 saturated heterocycles. The number of para-hydroxylation sites is 1. The van der Waals surface area contributed by atoms with Crippen LogP contribution in [0.15, 0.2) is 24.3 Å². The summed E-state index contributed by atoms with van der Waals surface area (Å²) in [5, 5.41) is 3.42. The van der Waals surface area contributed by atoms with Gasteiger partial charge in [0.1, 0.15) is 5.75 Å². The molecule has 0 atom stereocenters. The molecule has 3 rings (SSSR count). The van der Waals surface area contributed by atoms with Crippen LogP contribution in [0.5, 0.6) is 5.75 Å². The number of rotatable bonds is 4. The molecule has 3 nitrogen and oxygen atoms in total. The van der Waals surface area contributed by atoms with Crippen molar-refractivity contribution < 1.29 is 9.47 Å². The van der Waals surface area contributed by atoms with Crippen LogP contribution in [0.25, 0.3) is 0 Å². The lowest BCUT2D eigenvalue weighted by molar-refractivity contribution is -0.0510. The van der Waals surface area contributed by atoms with Crippen molar-refractivity contribution in [3.05, 3.63) is 29.8 Å². The molecule has 2 aliphatic heterocycles. The molecule has 18 heavy (non-hydrogen) atoms. The summed E-state index contributed by atoms with van der Waals surface area (Å²) in [4.78, 5) is 0. The van der Waals surface area contributed by atoms with E-state index in [9.17, 15) is 0 Å². The van der Waals surface area contributed by atoms with Gasteiger partial charge in [-0.25, -0.2) is 0 Å². The minimum atomic E-state index is 0.589. The highest BCUT2D eigenvalue weighted by atomic mass is 16.5. The normalized spacial score (nSPS) is 21.6. The number of hydrogen-bond acceptors (Lipinski definition) is 3. The van der Waals surface area contributed by atoms with E-state index in [0.717, 1.165) is 38.7 Å². The fraction of sp³-hybridized carbons (Fsp3) is 0.600. The third-order valence-electron chi connectivity index (χ3n) is 3.88. The minimum absolute atomic E-state index is 0.589. The molecule has 1 N–H and O–H groups in total. The topological polar surface area (TPSA) is 30.5 Å². The van der Waals surface area contributed by atoms with Crippen LogP contribution in [-0.2, 0) is 4.74 Å². The summed E-state index contributed by atoms with van der Waals surface area (Å²) < 4.78 is 11.2. The zero-order valence-electron chi connectivity index (χ0n) is 10.7. The van der Waals surface area contributed by atoms with Gasteiger partial charge in [0.25, 0.3) is 0 Å². The number of piperidine rings is 1. The van der Waals surface area contributed by atoms with E-state index in [4.69, 9.17) is 9.47 Å². The first-order valence-electron chi connectivity index (χ1n) is 6.93. The fourth-order valence-electron chi connectivity index (χ4n) is 2.67. The van der Waals surface area contributed by atoms with Crippen LogP contribution >= 0.6 is 0 Å². The van der Waals surface area contributed by atoms with Gasteiger partial charge >= 0.3 is 0 Å². The molecule has 2 aliphatic rings. The molecule has 3 heteroatoms. The van der Waals surface area contributed by atoms with E-state index < -0.39 is 0 Å². The first-order chi connectivity index (χ1) is 8.93. The van der Waals surface area contributed by atoms with Crippen LogP contribution in [0, 0.1) is 5.92 Å². The van der Waals surface area contributed by atoms with Crippen LogP contribution in [0.2, 0.25) is 0 Å². The Morgan fingerprint density at radius 3 is 2.67 bits per heavy atom. The highest BCUT2D eigenvalue weighted by molar-refractivity contribution is 5.36. The van der Waals surface area contributed by atoms with E-state index in [1.54, 1.807) is 0 Å². The zero-order chi connectivity index (χ0) is 12.2. The molecular formula is C15H21NO2. The van der Waals surface area contributed by atoms with Crippen molar-refractivity contribution in [1.82, 2.24) is 5.32 Å². The zero-order valence-corrected chi connectivity index (χ0v) is 10.7. The van der Waals surface area contributed by atoms with Crippen molar-refractivity contribution in [3.8, 4) is 5.75 Å². The Bertz CT molecular complexity index is 384. The highest BCUT2D eigenvalue weighted by Crippen LogP contribution is 2.32.